The van der Waals surface area contributed by atoms with E-state index in [2.05, 4.69) is 5.32 Å². The van der Waals surface area contributed by atoms with E-state index in [1.807, 2.05) is 0 Å². The van der Waals surface area contributed by atoms with Crippen LogP contribution in [0.1, 0.15) is 37.7 Å². The van der Waals surface area contributed by atoms with E-state index in [1.54, 1.807) is 48.5 Å². The molecule has 1 N–H and O–H groups in total. The summed E-state index contributed by atoms with van der Waals surface area (Å²) in [6.07, 6.45) is 6.76. The zero-order valence-corrected chi connectivity index (χ0v) is 18.6. The van der Waals surface area contributed by atoms with Crippen molar-refractivity contribution in [2.24, 2.45) is 0 Å². The first-order valence-corrected chi connectivity index (χ1v) is 12.3. The highest BCUT2D eigenvalue weighted by molar-refractivity contribution is 7.92. The minimum absolute atomic E-state index is 0.0591. The molecule has 0 bridgehead atoms. The lowest BCUT2D eigenvalue weighted by Gasteiger charge is -2.23. The molecule has 3 rings (SSSR count). The Balaban J connectivity index is 1.60. The number of nitrogens with zero attached hydrogens (tertiary/aromatic N) is 1. The van der Waals surface area contributed by atoms with Gasteiger partial charge >= 0.3 is 0 Å². The Labute approximate surface area is 183 Å². The fourth-order valence-electron chi connectivity index (χ4n) is 3.53. The largest absolute Gasteiger partial charge is 0.484 e. The molecule has 2 aromatic rings. The van der Waals surface area contributed by atoms with E-state index in [1.165, 1.54) is 17.0 Å². The van der Waals surface area contributed by atoms with Gasteiger partial charge in [0.15, 0.2) is 6.61 Å². The van der Waals surface area contributed by atoms with Crippen LogP contribution in [-0.2, 0) is 21.4 Å². The van der Waals surface area contributed by atoms with Crippen molar-refractivity contribution in [3.8, 4) is 5.75 Å². The lowest BCUT2D eigenvalue weighted by atomic mass is 9.95. The molecule has 1 aliphatic rings. The number of hydrogen-bond acceptors (Lipinski definition) is 4. The standard InChI is InChI=1S/C22H27ClN2O4S/c1-30(27,28)25(15-17-7-9-18(23)10-8-17)20-11-13-21(14-12-20)29-16-22(26)24-19-5-3-2-4-6-19/h7-14,19H,2-6,15-16H2,1H3,(H,24,26). The van der Waals surface area contributed by atoms with Gasteiger partial charge in [0.05, 0.1) is 18.5 Å². The molecule has 6 nitrogen and oxygen atoms in total. The van der Waals surface area contributed by atoms with Gasteiger partial charge in [-0.15, -0.1) is 0 Å². The van der Waals surface area contributed by atoms with E-state index in [4.69, 9.17) is 16.3 Å². The summed E-state index contributed by atoms with van der Waals surface area (Å²) < 4.78 is 31.5. The molecule has 30 heavy (non-hydrogen) atoms. The van der Waals surface area contributed by atoms with Crippen LogP contribution in [0, 0.1) is 0 Å². The lowest BCUT2D eigenvalue weighted by molar-refractivity contribution is -0.124. The average molecular weight is 451 g/mol. The Kier molecular flexibility index (Phi) is 7.61. The van der Waals surface area contributed by atoms with Gasteiger partial charge in [0.25, 0.3) is 5.91 Å². The fraction of sp³-hybridized carbons (Fsp3) is 0.409. The van der Waals surface area contributed by atoms with Gasteiger partial charge in [0.1, 0.15) is 5.75 Å². The molecule has 1 saturated carbocycles. The Morgan fingerprint density at radius 2 is 1.70 bits per heavy atom. The number of benzene rings is 2. The third kappa shape index (κ3) is 6.64. The quantitative estimate of drug-likeness (QED) is 0.656. The molecule has 0 aromatic heterocycles. The number of anilines is 1. The van der Waals surface area contributed by atoms with E-state index >= 15 is 0 Å². The number of hydrogen-bond donors (Lipinski definition) is 1. The van der Waals surface area contributed by atoms with Gasteiger partial charge < -0.3 is 10.1 Å². The van der Waals surface area contributed by atoms with Gasteiger partial charge in [-0.25, -0.2) is 8.42 Å². The van der Waals surface area contributed by atoms with Gasteiger partial charge in [-0.1, -0.05) is 43.0 Å². The molecule has 8 heteroatoms. The van der Waals surface area contributed by atoms with Crippen LogP contribution in [0.25, 0.3) is 0 Å². The number of halogens is 1. The SMILES string of the molecule is CS(=O)(=O)N(Cc1ccc(Cl)cc1)c1ccc(OCC(=O)NC2CCCCC2)cc1. The molecule has 162 valence electrons. The summed E-state index contributed by atoms with van der Waals surface area (Å²) in [6.45, 7) is 0.135. The van der Waals surface area contributed by atoms with Crippen molar-refractivity contribution in [1.29, 1.82) is 0 Å². The van der Waals surface area contributed by atoms with E-state index in [9.17, 15) is 13.2 Å². The van der Waals surface area contributed by atoms with Crippen molar-refractivity contribution in [2.45, 2.75) is 44.7 Å². The van der Waals surface area contributed by atoms with Crippen LogP contribution < -0.4 is 14.4 Å². The van der Waals surface area contributed by atoms with Gasteiger partial charge in [0.2, 0.25) is 10.0 Å². The first-order chi connectivity index (χ1) is 14.3. The fourth-order valence-corrected chi connectivity index (χ4v) is 4.54. The zero-order chi connectivity index (χ0) is 21.6. The summed E-state index contributed by atoms with van der Waals surface area (Å²) in [5, 5.41) is 3.60. The Bertz CT molecular complexity index is 940. The normalized spacial score (nSPS) is 14.9. The van der Waals surface area contributed by atoms with Crippen molar-refractivity contribution in [2.75, 3.05) is 17.2 Å². The molecule has 0 atom stereocenters. The van der Waals surface area contributed by atoms with Crippen LogP contribution in [0.3, 0.4) is 0 Å². The summed E-state index contributed by atoms with van der Waals surface area (Å²) in [7, 11) is -3.49. The van der Waals surface area contributed by atoms with Crippen LogP contribution in [0.5, 0.6) is 5.75 Å². The van der Waals surface area contributed by atoms with Crippen molar-refractivity contribution in [3.05, 3.63) is 59.1 Å². The smallest absolute Gasteiger partial charge is 0.258 e. The summed E-state index contributed by atoms with van der Waals surface area (Å²) in [5.74, 6) is 0.379. The number of sulfonamides is 1. The number of carbonyl (C=O) groups excluding carboxylic acids is 1. The second-order valence-corrected chi connectivity index (χ2v) is 9.92. The molecule has 1 aliphatic carbocycles. The summed E-state index contributed by atoms with van der Waals surface area (Å²) in [5.41, 5.74) is 1.34. The number of rotatable bonds is 8. The number of ether oxygens (including phenoxy) is 1. The Morgan fingerprint density at radius 1 is 1.07 bits per heavy atom. The third-order valence-electron chi connectivity index (χ3n) is 5.10. The minimum atomic E-state index is -3.49. The predicted molar refractivity (Wildman–Crippen MR) is 119 cm³/mol. The highest BCUT2D eigenvalue weighted by Crippen LogP contribution is 2.24. The van der Waals surface area contributed by atoms with Gasteiger partial charge in [-0.3, -0.25) is 9.10 Å². The monoisotopic (exact) mass is 450 g/mol. The van der Waals surface area contributed by atoms with E-state index < -0.39 is 10.0 Å². The first kappa shape index (κ1) is 22.4. The summed E-state index contributed by atoms with van der Waals surface area (Å²) in [4.78, 5) is 12.1. The maximum absolute atomic E-state index is 12.3. The van der Waals surface area contributed by atoms with Gasteiger partial charge in [-0.05, 0) is 54.8 Å². The van der Waals surface area contributed by atoms with Crippen molar-refractivity contribution < 1.29 is 17.9 Å². The maximum atomic E-state index is 12.3. The molecule has 2 aromatic carbocycles. The van der Waals surface area contributed by atoms with E-state index in [-0.39, 0.29) is 25.1 Å². The van der Waals surface area contributed by atoms with Crippen LogP contribution in [0.2, 0.25) is 5.02 Å². The molecular weight excluding hydrogens is 424 g/mol. The van der Waals surface area contributed by atoms with Crippen LogP contribution in [0.15, 0.2) is 48.5 Å². The van der Waals surface area contributed by atoms with Crippen LogP contribution >= 0.6 is 11.6 Å². The zero-order valence-electron chi connectivity index (χ0n) is 17.0. The Morgan fingerprint density at radius 3 is 2.30 bits per heavy atom. The van der Waals surface area contributed by atoms with Crippen molar-refractivity contribution in [3.63, 3.8) is 0 Å². The van der Waals surface area contributed by atoms with Crippen LogP contribution in [0.4, 0.5) is 5.69 Å². The van der Waals surface area contributed by atoms with E-state index in [0.29, 0.717) is 16.5 Å². The summed E-state index contributed by atoms with van der Waals surface area (Å²) in [6, 6.07) is 14.0. The molecule has 0 spiro atoms. The van der Waals surface area contributed by atoms with Crippen molar-refractivity contribution >= 4 is 33.2 Å². The molecule has 0 aliphatic heterocycles. The first-order valence-electron chi connectivity index (χ1n) is 10.1. The average Bonchev–Trinajstić information content (AvgIpc) is 2.72. The highest BCUT2D eigenvalue weighted by atomic mass is 35.5. The van der Waals surface area contributed by atoms with Crippen LogP contribution in [-0.4, -0.2) is 33.2 Å². The number of nitrogens with one attached hydrogen (secondary N) is 1. The molecule has 1 amide bonds. The molecular formula is C22H27ClN2O4S. The minimum Gasteiger partial charge on any atom is -0.484 e. The number of amides is 1. The van der Waals surface area contributed by atoms with Gasteiger partial charge in [0, 0.05) is 11.1 Å². The molecule has 0 heterocycles. The maximum Gasteiger partial charge on any atom is 0.258 e. The highest BCUT2D eigenvalue weighted by Gasteiger charge is 2.19. The number of carbonyl (C=O) groups is 1. The third-order valence-corrected chi connectivity index (χ3v) is 6.50. The molecule has 0 saturated heterocycles. The molecule has 0 unspecified atom stereocenters. The lowest BCUT2D eigenvalue weighted by Crippen LogP contribution is -2.38. The van der Waals surface area contributed by atoms with Gasteiger partial charge in [-0.2, -0.15) is 0 Å². The topological polar surface area (TPSA) is 75.7 Å². The molecule has 0 radical (unpaired) electrons. The van der Waals surface area contributed by atoms with E-state index in [0.717, 1.165) is 31.2 Å². The second-order valence-electron chi connectivity index (χ2n) is 7.58. The van der Waals surface area contributed by atoms with Crippen molar-refractivity contribution in [1.82, 2.24) is 5.32 Å². The Hall–Kier alpha value is -2.25. The molecule has 1 fully saturated rings. The second kappa shape index (κ2) is 10.2. The summed E-state index contributed by atoms with van der Waals surface area (Å²) >= 11 is 5.90. The predicted octanol–water partition coefficient (Wildman–Crippen LogP) is 4.13.